The summed E-state index contributed by atoms with van der Waals surface area (Å²) in [4.78, 5) is 2.53. The first-order valence-corrected chi connectivity index (χ1v) is 19.2. The zero-order valence-corrected chi connectivity index (χ0v) is 30.3. The molecule has 0 N–H and O–H groups in total. The van der Waals surface area contributed by atoms with Crippen LogP contribution in [-0.2, 0) is 5.41 Å². The first-order chi connectivity index (χ1) is 26.5. The van der Waals surface area contributed by atoms with Gasteiger partial charge in [0.15, 0.2) is 0 Å². The van der Waals surface area contributed by atoms with E-state index < -0.39 is 0 Å². The third-order valence-electron chi connectivity index (χ3n) is 12.6. The molecule has 0 amide bonds. The smallest absolute Gasteiger partial charge is 0.143 e. The van der Waals surface area contributed by atoms with Gasteiger partial charge in [-0.3, -0.25) is 0 Å². The van der Waals surface area contributed by atoms with Gasteiger partial charge < -0.3 is 9.32 Å². The van der Waals surface area contributed by atoms with Crippen LogP contribution in [0.25, 0.3) is 71.6 Å². The Kier molecular flexibility index (Phi) is 6.04. The standard InChI is InChI=1S/C52H37NO/c1-52(2)45-30-36(25-26-42(45)49-50(52)41-19-11-10-18-40(41)48-47-44-29-33(44)22-27-46(47)54-51(48)49)53(34-13-4-3-5-14-34)35-23-20-31(21-24-35)43-28-32-12-6-7-15-37(32)38-16-8-9-17-39(38)43/h3-13,15-30,34,44H,14H2,1-2H3/t34?,44-/m1/s1. The van der Waals surface area contributed by atoms with Gasteiger partial charge in [0, 0.05) is 39.2 Å². The Balaban J connectivity index is 1.01. The zero-order valence-electron chi connectivity index (χ0n) is 30.3. The molecular weight excluding hydrogens is 655 g/mol. The number of fused-ring (bicyclic) bond motifs is 15. The second-order valence-corrected chi connectivity index (χ2v) is 15.9. The van der Waals surface area contributed by atoms with Gasteiger partial charge >= 0.3 is 0 Å². The van der Waals surface area contributed by atoms with Gasteiger partial charge in [-0.15, -0.1) is 0 Å². The number of allylic oxidation sites excluding steroid dienone is 5. The minimum absolute atomic E-state index is 0.198. The minimum atomic E-state index is -0.227. The van der Waals surface area contributed by atoms with Crippen molar-refractivity contribution in [2.45, 2.75) is 37.6 Å². The molecule has 4 aliphatic carbocycles. The largest absolute Gasteiger partial charge is 0.456 e. The molecule has 0 saturated heterocycles. The van der Waals surface area contributed by atoms with Gasteiger partial charge in [-0.25, -0.2) is 0 Å². The van der Waals surface area contributed by atoms with Crippen LogP contribution in [0.4, 0.5) is 11.4 Å². The van der Waals surface area contributed by atoms with Gasteiger partial charge in [-0.1, -0.05) is 141 Å². The summed E-state index contributed by atoms with van der Waals surface area (Å²) in [6.45, 7) is 4.80. The van der Waals surface area contributed by atoms with E-state index in [1.807, 2.05) is 0 Å². The van der Waals surface area contributed by atoms with Gasteiger partial charge in [-0.2, -0.15) is 0 Å². The second-order valence-electron chi connectivity index (χ2n) is 15.9. The Morgan fingerprint density at radius 2 is 1.41 bits per heavy atom. The Labute approximate surface area is 314 Å². The highest BCUT2D eigenvalue weighted by Gasteiger charge is 2.42. The van der Waals surface area contributed by atoms with Gasteiger partial charge in [0.1, 0.15) is 11.3 Å². The summed E-state index contributed by atoms with van der Waals surface area (Å²) in [5.41, 5.74) is 13.7. The average molecular weight is 692 g/mol. The van der Waals surface area contributed by atoms with E-state index in [9.17, 15) is 0 Å². The Hall–Kier alpha value is -6.38. The highest BCUT2D eigenvalue weighted by Crippen LogP contribution is 2.59. The summed E-state index contributed by atoms with van der Waals surface area (Å²) >= 11 is 0. The van der Waals surface area contributed by atoms with E-state index in [4.69, 9.17) is 4.42 Å². The molecule has 2 nitrogen and oxygen atoms in total. The van der Waals surface area contributed by atoms with Crippen molar-refractivity contribution < 1.29 is 4.42 Å². The third-order valence-corrected chi connectivity index (χ3v) is 12.6. The summed E-state index contributed by atoms with van der Waals surface area (Å²) in [7, 11) is 0. The molecule has 0 radical (unpaired) electrons. The first kappa shape index (κ1) is 30.1. The van der Waals surface area contributed by atoms with Crippen molar-refractivity contribution in [3.8, 4) is 22.3 Å². The number of furan rings is 1. The molecule has 2 heteroatoms. The van der Waals surface area contributed by atoms with Crippen molar-refractivity contribution in [1.29, 1.82) is 0 Å². The Bertz CT molecular complexity index is 3050. The number of hydrogen-bond acceptors (Lipinski definition) is 2. The van der Waals surface area contributed by atoms with Crippen LogP contribution in [0.1, 0.15) is 48.6 Å². The summed E-state index contributed by atoms with van der Waals surface area (Å²) in [5, 5.41) is 9.05. The SMILES string of the molecule is CC1(C)c2cc(N(c3ccc(-c4cc5ccccc5c5ccccc45)cc3)C3C=CC=CC3)ccc2-c2c1c1ccccc1c1c3c(oc21)C=CC1=C[C@H]13. The highest BCUT2D eigenvalue weighted by atomic mass is 16.3. The predicted octanol–water partition coefficient (Wildman–Crippen LogP) is 13.9. The van der Waals surface area contributed by atoms with Crippen molar-refractivity contribution in [3.63, 3.8) is 0 Å². The van der Waals surface area contributed by atoms with E-state index in [2.05, 4.69) is 183 Å². The number of rotatable bonds is 4. The molecule has 7 aromatic carbocycles. The molecule has 0 aliphatic heterocycles. The zero-order chi connectivity index (χ0) is 35.7. The summed E-state index contributed by atoms with van der Waals surface area (Å²) in [5.74, 6) is 1.39. The van der Waals surface area contributed by atoms with Crippen LogP contribution < -0.4 is 4.90 Å². The Morgan fingerprint density at radius 3 is 2.22 bits per heavy atom. The predicted molar refractivity (Wildman–Crippen MR) is 227 cm³/mol. The Morgan fingerprint density at radius 1 is 0.667 bits per heavy atom. The van der Waals surface area contributed by atoms with E-state index in [1.54, 1.807) is 0 Å². The van der Waals surface area contributed by atoms with Gasteiger partial charge in [0.05, 0.1) is 6.04 Å². The van der Waals surface area contributed by atoms with Crippen molar-refractivity contribution >= 4 is 60.7 Å². The van der Waals surface area contributed by atoms with Crippen LogP contribution in [0, 0.1) is 0 Å². The van der Waals surface area contributed by atoms with Gasteiger partial charge in [-0.05, 0) is 109 Å². The van der Waals surface area contributed by atoms with E-state index >= 15 is 0 Å². The quantitative estimate of drug-likeness (QED) is 0.171. The van der Waals surface area contributed by atoms with E-state index in [0.29, 0.717) is 5.92 Å². The molecule has 8 aromatic rings. The van der Waals surface area contributed by atoms with Crippen LogP contribution in [-0.4, -0.2) is 6.04 Å². The summed E-state index contributed by atoms with van der Waals surface area (Å²) in [6, 6.07) is 45.5. The maximum atomic E-state index is 6.88. The van der Waals surface area contributed by atoms with Crippen molar-refractivity contribution in [3.05, 3.63) is 186 Å². The molecule has 2 atom stereocenters. The summed E-state index contributed by atoms with van der Waals surface area (Å²) < 4.78 is 6.88. The fraction of sp³-hybridized carbons (Fsp3) is 0.115. The third kappa shape index (κ3) is 4.11. The molecule has 4 aliphatic rings. The molecule has 1 heterocycles. The van der Waals surface area contributed by atoms with Crippen molar-refractivity contribution in [2.24, 2.45) is 0 Å². The van der Waals surface area contributed by atoms with E-state index in [1.165, 1.54) is 93.6 Å². The molecular formula is C52H37NO. The number of anilines is 2. The van der Waals surface area contributed by atoms with E-state index in [0.717, 1.165) is 17.8 Å². The number of benzene rings is 7. The molecule has 0 fully saturated rings. The molecule has 0 spiro atoms. The van der Waals surface area contributed by atoms with Gasteiger partial charge in [0.25, 0.3) is 0 Å². The lowest BCUT2D eigenvalue weighted by Gasteiger charge is -2.34. The van der Waals surface area contributed by atoms with Crippen LogP contribution in [0.3, 0.4) is 0 Å². The van der Waals surface area contributed by atoms with Crippen LogP contribution in [0.15, 0.2) is 168 Å². The maximum absolute atomic E-state index is 6.88. The van der Waals surface area contributed by atoms with Crippen LogP contribution in [0.2, 0.25) is 0 Å². The monoisotopic (exact) mass is 691 g/mol. The number of nitrogens with zero attached hydrogens (tertiary/aromatic N) is 1. The average Bonchev–Trinajstić information content (AvgIpc) is 3.85. The van der Waals surface area contributed by atoms with Crippen LogP contribution in [0.5, 0.6) is 0 Å². The van der Waals surface area contributed by atoms with Crippen molar-refractivity contribution in [2.75, 3.05) is 4.90 Å². The molecule has 256 valence electrons. The molecule has 1 aromatic heterocycles. The first-order valence-electron chi connectivity index (χ1n) is 19.2. The number of hydrogen-bond donors (Lipinski definition) is 0. The fourth-order valence-corrected chi connectivity index (χ4v) is 10.1. The lowest BCUT2D eigenvalue weighted by molar-refractivity contribution is 0.598. The topological polar surface area (TPSA) is 16.4 Å². The van der Waals surface area contributed by atoms with E-state index in [-0.39, 0.29) is 11.5 Å². The summed E-state index contributed by atoms with van der Waals surface area (Å²) in [6.07, 6.45) is 16.7. The molecule has 12 rings (SSSR count). The minimum Gasteiger partial charge on any atom is -0.456 e. The molecule has 1 unspecified atom stereocenters. The van der Waals surface area contributed by atoms with Crippen LogP contribution >= 0.6 is 0 Å². The lowest BCUT2D eigenvalue weighted by Crippen LogP contribution is -2.30. The van der Waals surface area contributed by atoms with Crippen molar-refractivity contribution in [1.82, 2.24) is 0 Å². The molecule has 0 bridgehead atoms. The normalized spacial score (nSPS) is 18.5. The second kappa shape index (κ2) is 10.8. The highest BCUT2D eigenvalue weighted by molar-refractivity contribution is 6.19. The molecule has 0 saturated carbocycles. The lowest BCUT2D eigenvalue weighted by atomic mass is 9.79. The maximum Gasteiger partial charge on any atom is 0.143 e. The van der Waals surface area contributed by atoms with Gasteiger partial charge in [0.2, 0.25) is 0 Å². The fourth-order valence-electron chi connectivity index (χ4n) is 10.1. The molecule has 54 heavy (non-hydrogen) atoms.